The minimum Gasteiger partial charge on any atom is -0.345 e. The first-order chi connectivity index (χ1) is 15.9. The average Bonchev–Trinajstić information content (AvgIpc) is 2.77. The normalized spacial score (nSPS) is 20.3. The summed E-state index contributed by atoms with van der Waals surface area (Å²) in [6.45, 7) is 7.13. The van der Waals surface area contributed by atoms with Gasteiger partial charge in [-0.05, 0) is 37.2 Å². The lowest BCUT2D eigenvalue weighted by Crippen LogP contribution is -2.56. The Morgan fingerprint density at radius 1 is 1.18 bits per heavy atom. The molecular weight excluding hydrogens is 471 g/mol. The van der Waals surface area contributed by atoms with E-state index in [9.17, 15) is 28.1 Å². The maximum atomic E-state index is 13.2. The van der Waals surface area contributed by atoms with Crippen LogP contribution in [0.25, 0.3) is 10.1 Å². The fraction of sp³-hybridized carbons (Fsp3) is 0.636. The summed E-state index contributed by atoms with van der Waals surface area (Å²) >= 11 is 0.893. The van der Waals surface area contributed by atoms with Crippen LogP contribution in [0.15, 0.2) is 16.9 Å². The molecule has 0 spiro atoms. The van der Waals surface area contributed by atoms with Crippen molar-refractivity contribution in [3.05, 3.63) is 38.2 Å². The van der Waals surface area contributed by atoms with Crippen molar-refractivity contribution in [1.82, 2.24) is 15.0 Å². The number of nitro groups is 1. The highest BCUT2D eigenvalue weighted by atomic mass is 32.1. The van der Waals surface area contributed by atoms with Gasteiger partial charge in [-0.1, -0.05) is 25.2 Å². The lowest BCUT2D eigenvalue weighted by molar-refractivity contribution is -0.383. The molecule has 12 heteroatoms. The minimum absolute atomic E-state index is 0.0858. The predicted molar refractivity (Wildman–Crippen MR) is 125 cm³/mol. The molecule has 2 aromatic rings. The van der Waals surface area contributed by atoms with Gasteiger partial charge in [0.05, 0.1) is 15.9 Å². The van der Waals surface area contributed by atoms with Gasteiger partial charge in [-0.2, -0.15) is 18.2 Å². The zero-order chi connectivity index (χ0) is 24.8. The van der Waals surface area contributed by atoms with Crippen LogP contribution in [0.3, 0.4) is 0 Å². The molecule has 1 aromatic heterocycles. The molecule has 8 nitrogen and oxygen atoms in total. The van der Waals surface area contributed by atoms with Crippen molar-refractivity contribution >= 4 is 32.2 Å². The van der Waals surface area contributed by atoms with Crippen molar-refractivity contribution in [3.63, 3.8) is 0 Å². The van der Waals surface area contributed by atoms with Crippen LogP contribution in [0.4, 0.5) is 24.0 Å². The Morgan fingerprint density at radius 3 is 2.35 bits per heavy atom. The van der Waals surface area contributed by atoms with E-state index in [1.54, 1.807) is 0 Å². The summed E-state index contributed by atoms with van der Waals surface area (Å²) in [4.78, 5) is 29.1. The summed E-state index contributed by atoms with van der Waals surface area (Å²) in [6.07, 6.45) is -0.148. The monoisotopic (exact) mass is 499 g/mol. The quantitative estimate of drug-likeness (QED) is 0.452. The fourth-order valence-electron chi connectivity index (χ4n) is 4.77. The first-order valence-electron chi connectivity index (χ1n) is 11.3. The molecular formula is C22H28F3N5O3S. The van der Waals surface area contributed by atoms with Crippen molar-refractivity contribution in [2.75, 3.05) is 38.1 Å². The molecule has 1 aliphatic heterocycles. The van der Waals surface area contributed by atoms with Gasteiger partial charge in [0.1, 0.15) is 4.70 Å². The third-order valence-electron chi connectivity index (χ3n) is 7.02. The molecule has 0 N–H and O–H groups in total. The number of nitrogens with zero attached hydrogens (tertiary/aromatic N) is 5. The summed E-state index contributed by atoms with van der Waals surface area (Å²) in [7, 11) is 2.10. The van der Waals surface area contributed by atoms with E-state index in [2.05, 4.69) is 35.9 Å². The number of fused-ring (bicyclic) bond motifs is 1. The van der Waals surface area contributed by atoms with E-state index in [1.807, 2.05) is 4.90 Å². The summed E-state index contributed by atoms with van der Waals surface area (Å²) in [5.41, 5.74) is -2.46. The number of rotatable bonds is 4. The summed E-state index contributed by atoms with van der Waals surface area (Å²) in [5.74, 6) is 0. The van der Waals surface area contributed by atoms with Crippen LogP contribution in [-0.4, -0.2) is 59.2 Å². The highest BCUT2D eigenvalue weighted by Crippen LogP contribution is 2.39. The second-order valence-corrected chi connectivity index (χ2v) is 10.8. The largest absolute Gasteiger partial charge is 0.416 e. The maximum absolute atomic E-state index is 13.2. The smallest absolute Gasteiger partial charge is 0.345 e. The van der Waals surface area contributed by atoms with Gasteiger partial charge in [0, 0.05) is 45.3 Å². The number of halogens is 3. The highest BCUT2D eigenvalue weighted by Gasteiger charge is 2.35. The van der Waals surface area contributed by atoms with Crippen molar-refractivity contribution in [2.24, 2.45) is 5.41 Å². The van der Waals surface area contributed by atoms with Crippen LogP contribution >= 0.6 is 11.3 Å². The Balaban J connectivity index is 1.53. The number of piperazine rings is 1. The molecule has 0 radical (unpaired) electrons. The van der Waals surface area contributed by atoms with Gasteiger partial charge in [0.25, 0.3) is 11.2 Å². The van der Waals surface area contributed by atoms with Crippen molar-refractivity contribution in [3.8, 4) is 0 Å². The van der Waals surface area contributed by atoms with Crippen LogP contribution < -0.4 is 10.5 Å². The first-order valence-corrected chi connectivity index (χ1v) is 12.1. The molecule has 0 bridgehead atoms. The maximum Gasteiger partial charge on any atom is 0.416 e. The number of hydrogen-bond acceptors (Lipinski definition) is 8. The second kappa shape index (κ2) is 9.04. The molecule has 0 unspecified atom stereocenters. The molecule has 186 valence electrons. The van der Waals surface area contributed by atoms with Gasteiger partial charge in [0.2, 0.25) is 0 Å². The summed E-state index contributed by atoms with van der Waals surface area (Å²) in [5, 5.41) is 16.0. The molecule has 4 rings (SSSR count). The Kier molecular flexibility index (Phi) is 6.60. The van der Waals surface area contributed by atoms with Gasteiger partial charge >= 0.3 is 6.18 Å². The molecule has 0 atom stereocenters. The fourth-order valence-corrected chi connectivity index (χ4v) is 5.88. The van der Waals surface area contributed by atoms with Gasteiger partial charge in [-0.3, -0.25) is 14.9 Å². The van der Waals surface area contributed by atoms with Gasteiger partial charge in [0.15, 0.2) is 5.13 Å². The molecule has 2 fully saturated rings. The number of hydrogen-bond donors (Lipinski definition) is 0. The molecule has 1 aromatic carbocycles. The Morgan fingerprint density at radius 2 is 1.79 bits per heavy atom. The summed E-state index contributed by atoms with van der Waals surface area (Å²) < 4.78 is 39.4. The molecule has 2 heterocycles. The molecule has 2 aliphatic rings. The zero-order valence-corrected chi connectivity index (χ0v) is 20.2. The van der Waals surface area contributed by atoms with Crippen LogP contribution in [0.1, 0.15) is 45.1 Å². The third-order valence-corrected chi connectivity index (χ3v) is 8.19. The summed E-state index contributed by atoms with van der Waals surface area (Å²) in [6, 6.07) is 1.62. The Labute approximate surface area is 199 Å². The van der Waals surface area contributed by atoms with E-state index in [0.717, 1.165) is 24.2 Å². The van der Waals surface area contributed by atoms with Gasteiger partial charge in [-0.25, -0.2) is 10.0 Å². The number of benzene rings is 1. The van der Waals surface area contributed by atoms with Crippen molar-refractivity contribution in [1.29, 1.82) is 0 Å². The molecule has 34 heavy (non-hydrogen) atoms. The number of anilines is 1. The van der Waals surface area contributed by atoms with Crippen LogP contribution in [0, 0.1) is 15.5 Å². The Bertz CT molecular complexity index is 1140. The highest BCUT2D eigenvalue weighted by molar-refractivity contribution is 7.22. The zero-order valence-electron chi connectivity index (χ0n) is 19.4. The predicted octanol–water partition coefficient (Wildman–Crippen LogP) is 4.52. The number of alkyl halides is 3. The van der Waals surface area contributed by atoms with Crippen LogP contribution in [-0.2, 0) is 6.18 Å². The lowest BCUT2D eigenvalue weighted by atomic mass is 9.75. The van der Waals surface area contributed by atoms with Gasteiger partial charge < -0.3 is 4.90 Å². The van der Waals surface area contributed by atoms with E-state index in [0.29, 0.717) is 54.9 Å². The molecule has 1 aliphatic carbocycles. The first kappa shape index (κ1) is 24.8. The number of hydrazine groups is 1. The standard InChI is InChI=1S/C22H28F3N5O3S/c1-21(2)6-4-15(5-7-21)27(3)29-10-8-28(9-11-29)20-26-19(31)16-12-14(22(23,24)25)13-17(30(32)33)18(16)34-20/h12-13,15H,4-11H2,1-3H3. The van der Waals surface area contributed by atoms with E-state index >= 15 is 0 Å². The average molecular weight is 500 g/mol. The van der Waals surface area contributed by atoms with E-state index < -0.39 is 27.9 Å². The number of nitro benzene ring substituents is 1. The van der Waals surface area contributed by atoms with Gasteiger partial charge in [-0.15, -0.1) is 0 Å². The molecule has 0 amide bonds. The van der Waals surface area contributed by atoms with Crippen molar-refractivity contribution in [2.45, 2.75) is 51.7 Å². The third kappa shape index (κ3) is 5.03. The molecule has 1 saturated carbocycles. The Hall–Kier alpha value is -2.31. The SMILES string of the molecule is CN(C1CCC(C)(C)CC1)N1CCN(c2nc(=O)c3cc(C(F)(F)F)cc([N+](=O)[O-])c3s2)CC1. The molecule has 1 saturated heterocycles. The number of non-ortho nitro benzene ring substituents is 1. The minimum atomic E-state index is -4.80. The van der Waals surface area contributed by atoms with Crippen LogP contribution in [0.2, 0.25) is 0 Å². The topological polar surface area (TPSA) is 82.8 Å². The number of aromatic nitrogens is 1. The van der Waals surface area contributed by atoms with E-state index in [-0.39, 0.29) is 10.1 Å². The van der Waals surface area contributed by atoms with E-state index in [4.69, 9.17) is 0 Å². The van der Waals surface area contributed by atoms with E-state index in [1.165, 1.54) is 12.8 Å². The van der Waals surface area contributed by atoms with Crippen LogP contribution in [0.5, 0.6) is 0 Å². The second-order valence-electron chi connectivity index (χ2n) is 9.84. The lowest BCUT2D eigenvalue weighted by Gasteiger charge is -2.46. The van der Waals surface area contributed by atoms with Crippen molar-refractivity contribution < 1.29 is 18.1 Å².